The number of amides is 1. The molecule has 2 saturated heterocycles. The Bertz CT molecular complexity index is 811. The average Bonchev–Trinajstić information content (AvgIpc) is 2.89. The lowest BCUT2D eigenvalue weighted by molar-refractivity contribution is -0.330. The summed E-state index contributed by atoms with van der Waals surface area (Å²) in [6.45, 7) is 0.634. The molecule has 0 spiro atoms. The fraction of sp³-hybridized carbons (Fsp3) is 0.955. The molecule has 1 amide bonds. The Balaban J connectivity index is 1.84. The maximum atomic E-state index is 12.4. The molecule has 15 N–H and O–H groups in total. The Morgan fingerprint density at radius 3 is 2.26 bits per heavy atom. The van der Waals surface area contributed by atoms with Crippen LogP contribution in [0.4, 0.5) is 0 Å². The second-order valence-corrected chi connectivity index (χ2v) is 10.5. The third-order valence-electron chi connectivity index (χ3n) is 7.50. The largest absolute Gasteiger partial charge is 0.388 e. The summed E-state index contributed by atoms with van der Waals surface area (Å²) >= 11 is 0. The molecule has 2 aliphatic heterocycles. The molecule has 17 heteroatoms. The van der Waals surface area contributed by atoms with Gasteiger partial charge in [0, 0.05) is 19.1 Å². The van der Waals surface area contributed by atoms with Crippen LogP contribution in [-0.2, 0) is 23.7 Å². The molecule has 0 aromatic rings. The van der Waals surface area contributed by atoms with Gasteiger partial charge in [-0.05, 0) is 20.4 Å². The van der Waals surface area contributed by atoms with Gasteiger partial charge in [-0.3, -0.25) is 4.79 Å². The third-order valence-corrected chi connectivity index (χ3v) is 7.50. The van der Waals surface area contributed by atoms with E-state index in [4.69, 9.17) is 36.1 Å². The molecule has 228 valence electrons. The van der Waals surface area contributed by atoms with E-state index in [1.165, 1.54) is 14.0 Å². The van der Waals surface area contributed by atoms with Gasteiger partial charge in [-0.2, -0.15) is 0 Å². The first-order chi connectivity index (χ1) is 18.3. The lowest BCUT2D eigenvalue weighted by atomic mass is 9.83. The predicted octanol–water partition coefficient (Wildman–Crippen LogP) is -7.52. The maximum Gasteiger partial charge on any atom is 0.250 e. The molecule has 0 radical (unpaired) electrons. The average molecular weight is 570 g/mol. The first-order valence-electron chi connectivity index (χ1n) is 12.8. The van der Waals surface area contributed by atoms with Crippen molar-refractivity contribution in [1.29, 1.82) is 0 Å². The SMILES string of the molecule is CN[C@@H]1[C@@H](O)[C@@H](O[C@@H]2[C@@H](O)[C@@H](O[C@H]3O[C@H](CN)[C@@H](O)[C@H](O)[C@H]3O)[C@@H](N)C[C@H]2NC(=O)[C@@H](O)CN)OC[C@]1(C)O. The summed E-state index contributed by atoms with van der Waals surface area (Å²) in [5.41, 5.74) is 15.8. The molecule has 3 fully saturated rings. The van der Waals surface area contributed by atoms with Crippen molar-refractivity contribution >= 4 is 5.91 Å². The van der Waals surface area contributed by atoms with Gasteiger partial charge in [0.1, 0.15) is 60.5 Å². The van der Waals surface area contributed by atoms with E-state index < -0.39 is 97.1 Å². The lowest BCUT2D eigenvalue weighted by Gasteiger charge is -2.49. The molecule has 0 unspecified atom stereocenters. The van der Waals surface area contributed by atoms with Gasteiger partial charge in [-0.1, -0.05) is 0 Å². The molecule has 1 saturated carbocycles. The van der Waals surface area contributed by atoms with E-state index >= 15 is 0 Å². The van der Waals surface area contributed by atoms with Crippen LogP contribution in [-0.4, -0.2) is 160 Å². The molecule has 3 rings (SSSR count). The van der Waals surface area contributed by atoms with E-state index in [1.54, 1.807) is 0 Å². The Morgan fingerprint density at radius 1 is 1.03 bits per heavy atom. The van der Waals surface area contributed by atoms with E-state index in [2.05, 4.69) is 10.6 Å². The number of hydrogen-bond acceptors (Lipinski definition) is 16. The molecule has 0 aromatic heterocycles. The number of nitrogens with two attached hydrogens (primary N) is 3. The molecular formula is C22H43N5O12. The van der Waals surface area contributed by atoms with E-state index in [-0.39, 0.29) is 26.1 Å². The van der Waals surface area contributed by atoms with Crippen LogP contribution < -0.4 is 27.8 Å². The quantitative estimate of drug-likeness (QED) is 0.123. The van der Waals surface area contributed by atoms with E-state index in [1.807, 2.05) is 0 Å². The van der Waals surface area contributed by atoms with Crippen LogP contribution in [0.15, 0.2) is 0 Å². The number of likely N-dealkylation sites (N-methyl/N-ethyl adjacent to an activating group) is 1. The molecule has 0 bridgehead atoms. The van der Waals surface area contributed by atoms with E-state index in [0.717, 1.165) is 0 Å². The van der Waals surface area contributed by atoms with Crippen molar-refractivity contribution in [3.63, 3.8) is 0 Å². The fourth-order valence-corrected chi connectivity index (χ4v) is 5.22. The molecular weight excluding hydrogens is 526 g/mol. The van der Waals surface area contributed by atoms with Crippen LogP contribution in [0.25, 0.3) is 0 Å². The summed E-state index contributed by atoms with van der Waals surface area (Å²) in [4.78, 5) is 12.4. The second kappa shape index (κ2) is 13.2. The summed E-state index contributed by atoms with van der Waals surface area (Å²) in [6.07, 6.45) is -16.3. The maximum absolute atomic E-state index is 12.4. The standard InChI is InChI=1S/C22H43N5O12/c1-22(35)6-36-20(15(33)18(22)26-2)39-17-8(27-19(34)9(28)4-23)3-7(25)16(14(17)32)38-21-13(31)12(30)11(29)10(5-24)37-21/h7-18,20-21,26,28-33,35H,3-6,23-25H2,1-2H3,(H,27,34)/t7-,8+,9-,10+,11+,12-,13+,14-,15+,16-,17-,18+,20+,21+,22-/m0/s1. The summed E-state index contributed by atoms with van der Waals surface area (Å²) < 4.78 is 22.7. The van der Waals surface area contributed by atoms with Crippen molar-refractivity contribution in [2.24, 2.45) is 17.2 Å². The summed E-state index contributed by atoms with van der Waals surface area (Å²) in [5.74, 6) is -0.857. The smallest absolute Gasteiger partial charge is 0.250 e. The highest BCUT2D eigenvalue weighted by Gasteiger charge is 2.53. The number of hydrogen-bond donors (Lipinski definition) is 12. The van der Waals surface area contributed by atoms with Crippen LogP contribution >= 0.6 is 0 Å². The highest BCUT2D eigenvalue weighted by atomic mass is 16.7. The zero-order valence-electron chi connectivity index (χ0n) is 21.8. The van der Waals surface area contributed by atoms with Gasteiger partial charge in [0.05, 0.1) is 18.7 Å². The van der Waals surface area contributed by atoms with Crippen molar-refractivity contribution in [2.75, 3.05) is 26.7 Å². The summed E-state index contributed by atoms with van der Waals surface area (Å²) in [6, 6.07) is -2.92. The molecule has 0 aromatic carbocycles. The number of carbonyl (C=O) groups is 1. The van der Waals surface area contributed by atoms with Gasteiger partial charge in [0.2, 0.25) is 5.91 Å². The molecule has 2 heterocycles. The van der Waals surface area contributed by atoms with Gasteiger partial charge >= 0.3 is 0 Å². The van der Waals surface area contributed by atoms with Crippen LogP contribution in [0, 0.1) is 0 Å². The van der Waals surface area contributed by atoms with Gasteiger partial charge in [-0.15, -0.1) is 0 Å². The third kappa shape index (κ3) is 6.85. The Morgan fingerprint density at radius 2 is 1.67 bits per heavy atom. The first-order valence-corrected chi connectivity index (χ1v) is 12.8. The predicted molar refractivity (Wildman–Crippen MR) is 130 cm³/mol. The first kappa shape index (κ1) is 32.4. The number of ether oxygens (including phenoxy) is 4. The van der Waals surface area contributed by atoms with Crippen molar-refractivity contribution in [1.82, 2.24) is 10.6 Å². The Labute approximate surface area is 225 Å². The minimum absolute atomic E-state index is 0.0836. The highest BCUT2D eigenvalue weighted by molar-refractivity contribution is 5.81. The molecule has 39 heavy (non-hydrogen) atoms. The van der Waals surface area contributed by atoms with Crippen LogP contribution in [0.5, 0.6) is 0 Å². The van der Waals surface area contributed by atoms with E-state index in [0.29, 0.717) is 0 Å². The highest BCUT2D eigenvalue weighted by Crippen LogP contribution is 2.32. The monoisotopic (exact) mass is 569 g/mol. The Kier molecular flexibility index (Phi) is 11.0. The summed E-state index contributed by atoms with van der Waals surface area (Å²) in [5, 5.41) is 78.5. The van der Waals surface area contributed by atoms with Crippen LogP contribution in [0.3, 0.4) is 0 Å². The molecule has 17 nitrogen and oxygen atoms in total. The lowest BCUT2D eigenvalue weighted by Crippen LogP contribution is -2.70. The van der Waals surface area contributed by atoms with Gasteiger partial charge in [0.15, 0.2) is 12.6 Å². The molecule has 3 aliphatic rings. The number of carbonyl (C=O) groups excluding carboxylic acids is 1. The number of aliphatic hydroxyl groups is 7. The number of rotatable bonds is 9. The molecule has 15 atom stereocenters. The zero-order chi connectivity index (χ0) is 29.2. The van der Waals surface area contributed by atoms with E-state index in [9.17, 15) is 40.5 Å². The van der Waals surface area contributed by atoms with Gasteiger partial charge in [-0.25, -0.2) is 0 Å². The fourth-order valence-electron chi connectivity index (χ4n) is 5.22. The van der Waals surface area contributed by atoms with Crippen molar-refractivity contribution in [3.8, 4) is 0 Å². The minimum Gasteiger partial charge on any atom is -0.388 e. The normalized spacial score (nSPS) is 47.9. The summed E-state index contributed by atoms with van der Waals surface area (Å²) in [7, 11) is 1.52. The van der Waals surface area contributed by atoms with Crippen molar-refractivity contribution < 1.29 is 59.5 Å². The number of aliphatic hydroxyl groups excluding tert-OH is 6. The topological polar surface area (TPSA) is 298 Å². The number of nitrogens with one attached hydrogen (secondary N) is 2. The minimum atomic E-state index is -1.72. The Hall–Kier alpha value is -1.13. The van der Waals surface area contributed by atoms with Crippen molar-refractivity contribution in [2.45, 2.75) is 105 Å². The van der Waals surface area contributed by atoms with Gasteiger partial charge in [0.25, 0.3) is 0 Å². The zero-order valence-corrected chi connectivity index (χ0v) is 21.8. The van der Waals surface area contributed by atoms with Gasteiger partial charge < -0.3 is 82.5 Å². The van der Waals surface area contributed by atoms with Crippen LogP contribution in [0.1, 0.15) is 13.3 Å². The molecule has 1 aliphatic carbocycles. The van der Waals surface area contributed by atoms with Crippen LogP contribution in [0.2, 0.25) is 0 Å². The second-order valence-electron chi connectivity index (χ2n) is 10.5. The van der Waals surface area contributed by atoms with Crippen molar-refractivity contribution in [3.05, 3.63) is 0 Å².